The molecule has 23 heavy (non-hydrogen) atoms. The van der Waals surface area contributed by atoms with Crippen LogP contribution < -0.4 is 0 Å². The molecule has 1 aliphatic heterocycles. The van der Waals surface area contributed by atoms with Crippen LogP contribution in [0.25, 0.3) is 0 Å². The van der Waals surface area contributed by atoms with Crippen molar-refractivity contribution in [2.24, 2.45) is 5.92 Å². The molecule has 0 radical (unpaired) electrons. The van der Waals surface area contributed by atoms with Gasteiger partial charge in [-0.2, -0.15) is 0 Å². The lowest BCUT2D eigenvalue weighted by atomic mass is 9.94. The van der Waals surface area contributed by atoms with Crippen molar-refractivity contribution in [2.45, 2.75) is 70.9 Å². The molecule has 5 heteroatoms. The quantitative estimate of drug-likeness (QED) is 0.571. The van der Waals surface area contributed by atoms with Crippen LogP contribution in [-0.4, -0.2) is 47.2 Å². The van der Waals surface area contributed by atoms with Crippen LogP contribution in [-0.2, 0) is 14.3 Å². The van der Waals surface area contributed by atoms with Crippen molar-refractivity contribution in [2.75, 3.05) is 7.11 Å². The Morgan fingerprint density at radius 3 is 2.65 bits per heavy atom. The first-order valence-corrected chi connectivity index (χ1v) is 8.15. The number of rotatable bonds is 1. The number of methoxy groups -OCH3 is 1. The van der Waals surface area contributed by atoms with Crippen LogP contribution in [0.3, 0.4) is 0 Å². The molecule has 2 N–H and O–H groups in total. The molecule has 0 aromatic carbocycles. The predicted octanol–water partition coefficient (Wildman–Crippen LogP) is 2.37. The Kier molecular flexibility index (Phi) is 7.45. The van der Waals surface area contributed by atoms with Gasteiger partial charge in [0, 0.05) is 13.5 Å². The second-order valence-electron chi connectivity index (χ2n) is 6.76. The summed E-state index contributed by atoms with van der Waals surface area (Å²) in [5, 5.41) is 20.6. The van der Waals surface area contributed by atoms with E-state index in [-0.39, 0.29) is 36.9 Å². The van der Waals surface area contributed by atoms with Gasteiger partial charge < -0.3 is 19.7 Å². The minimum Gasteiger partial charge on any atom is -0.462 e. The van der Waals surface area contributed by atoms with Crippen molar-refractivity contribution in [3.63, 3.8) is 0 Å². The summed E-state index contributed by atoms with van der Waals surface area (Å²) in [6, 6.07) is 0. The molecule has 0 spiro atoms. The molecule has 0 aromatic rings. The van der Waals surface area contributed by atoms with Crippen molar-refractivity contribution >= 4 is 5.97 Å². The zero-order valence-corrected chi connectivity index (χ0v) is 14.8. The van der Waals surface area contributed by atoms with Crippen molar-refractivity contribution in [1.29, 1.82) is 0 Å². The number of esters is 1. The highest BCUT2D eigenvalue weighted by molar-refractivity contribution is 5.69. The molecule has 0 saturated heterocycles. The Morgan fingerprint density at radius 2 is 2.04 bits per heavy atom. The molecular weight excluding hydrogens is 296 g/mol. The van der Waals surface area contributed by atoms with E-state index in [0.717, 1.165) is 5.57 Å². The van der Waals surface area contributed by atoms with Crippen LogP contribution in [0, 0.1) is 5.92 Å². The highest BCUT2D eigenvalue weighted by Gasteiger charge is 2.24. The highest BCUT2D eigenvalue weighted by atomic mass is 16.5. The van der Waals surface area contributed by atoms with E-state index in [1.807, 2.05) is 20.8 Å². The Morgan fingerprint density at radius 1 is 1.39 bits per heavy atom. The summed E-state index contributed by atoms with van der Waals surface area (Å²) in [6.45, 7) is 7.31. The summed E-state index contributed by atoms with van der Waals surface area (Å²) in [6.07, 6.45) is 4.83. The number of ether oxygens (including phenoxy) is 2. The second kappa shape index (κ2) is 8.62. The van der Waals surface area contributed by atoms with Crippen LogP contribution in [0.5, 0.6) is 0 Å². The molecule has 0 aliphatic carbocycles. The maximum absolute atomic E-state index is 11.9. The van der Waals surface area contributed by atoms with Crippen LogP contribution in [0.4, 0.5) is 0 Å². The van der Waals surface area contributed by atoms with Crippen LogP contribution in [0.15, 0.2) is 23.8 Å². The molecule has 0 fully saturated rings. The number of aliphatic hydroxyl groups is 2. The minimum atomic E-state index is -1.12. The fourth-order valence-corrected chi connectivity index (χ4v) is 2.57. The summed E-state index contributed by atoms with van der Waals surface area (Å²) in [5.74, 6) is -0.308. The summed E-state index contributed by atoms with van der Waals surface area (Å²) in [4.78, 5) is 11.9. The number of aliphatic hydroxyl groups excluding tert-OH is 1. The number of cyclic esters (lactones) is 1. The summed E-state index contributed by atoms with van der Waals surface area (Å²) >= 11 is 0. The zero-order valence-electron chi connectivity index (χ0n) is 14.8. The van der Waals surface area contributed by atoms with E-state index in [4.69, 9.17) is 9.47 Å². The van der Waals surface area contributed by atoms with Crippen molar-refractivity contribution in [3.05, 3.63) is 23.8 Å². The third-order valence-corrected chi connectivity index (χ3v) is 4.36. The average Bonchev–Trinajstić information content (AvgIpc) is 2.44. The van der Waals surface area contributed by atoms with Gasteiger partial charge in [0.15, 0.2) is 0 Å². The molecule has 132 valence electrons. The number of hydrogen-bond donors (Lipinski definition) is 2. The van der Waals surface area contributed by atoms with Gasteiger partial charge in [0.1, 0.15) is 6.10 Å². The van der Waals surface area contributed by atoms with E-state index in [2.05, 4.69) is 0 Å². The molecule has 0 amide bonds. The van der Waals surface area contributed by atoms with Crippen LogP contribution >= 0.6 is 0 Å². The van der Waals surface area contributed by atoms with Gasteiger partial charge in [-0.1, -0.05) is 25.2 Å². The lowest BCUT2D eigenvalue weighted by Crippen LogP contribution is -2.28. The van der Waals surface area contributed by atoms with Gasteiger partial charge in [0.2, 0.25) is 0 Å². The Bertz CT molecular complexity index is 452. The second-order valence-corrected chi connectivity index (χ2v) is 6.76. The number of carbonyl (C=O) groups is 1. The first-order valence-electron chi connectivity index (χ1n) is 8.15. The third kappa shape index (κ3) is 6.85. The van der Waals surface area contributed by atoms with Crippen molar-refractivity contribution in [3.8, 4) is 0 Å². The normalized spacial score (nSPS) is 41.3. The topological polar surface area (TPSA) is 76.0 Å². The molecule has 0 bridgehead atoms. The van der Waals surface area contributed by atoms with Gasteiger partial charge in [0.05, 0.1) is 17.8 Å². The van der Waals surface area contributed by atoms with Crippen molar-refractivity contribution < 1.29 is 24.5 Å². The van der Waals surface area contributed by atoms with Crippen molar-refractivity contribution in [1.82, 2.24) is 0 Å². The molecule has 0 aromatic heterocycles. The monoisotopic (exact) mass is 326 g/mol. The largest absolute Gasteiger partial charge is 0.462 e. The van der Waals surface area contributed by atoms with E-state index in [1.54, 1.807) is 32.3 Å². The van der Waals surface area contributed by atoms with Gasteiger partial charge in [-0.15, -0.1) is 0 Å². The number of hydrogen-bond acceptors (Lipinski definition) is 5. The Hall–Kier alpha value is -1.17. The molecule has 1 heterocycles. The summed E-state index contributed by atoms with van der Waals surface area (Å²) < 4.78 is 10.8. The lowest BCUT2D eigenvalue weighted by Gasteiger charge is -2.25. The Balaban J connectivity index is 3.04. The van der Waals surface area contributed by atoms with Gasteiger partial charge in [-0.25, -0.2) is 0 Å². The van der Waals surface area contributed by atoms with E-state index >= 15 is 0 Å². The first kappa shape index (κ1) is 19.9. The van der Waals surface area contributed by atoms with E-state index in [9.17, 15) is 15.0 Å². The molecule has 1 aliphatic rings. The van der Waals surface area contributed by atoms with Gasteiger partial charge >= 0.3 is 5.97 Å². The minimum absolute atomic E-state index is 0.0259. The summed E-state index contributed by atoms with van der Waals surface area (Å²) in [5.41, 5.74) is -0.242. The fraction of sp³-hybridized carbons (Fsp3) is 0.722. The number of carbonyl (C=O) groups excluding carboxylic acids is 1. The standard InChI is InChI=1S/C18H30O5/c1-12-10-15(19)11-13(2)16(22-5)6-8-18(4,21)9-7-17(20)23-14(12)3/h6,8,11-12,14-16,19,21H,7,9-10H2,1-5H3/b8-6+,13-11+/t12-,14+,15+,16-,18+/m0/s1. The lowest BCUT2D eigenvalue weighted by molar-refractivity contribution is -0.152. The molecule has 5 nitrogen and oxygen atoms in total. The maximum atomic E-state index is 11.9. The third-order valence-electron chi connectivity index (χ3n) is 4.36. The van der Waals surface area contributed by atoms with Gasteiger partial charge in [-0.05, 0) is 45.1 Å². The SMILES string of the molecule is CO[C@H]1/C=C/[C@@](C)(O)CCC(=O)O[C@H](C)[C@@H](C)C[C@@H](O)/C=C/1C. The van der Waals surface area contributed by atoms with Gasteiger partial charge in [-0.3, -0.25) is 4.79 Å². The van der Waals surface area contributed by atoms with Gasteiger partial charge in [0.25, 0.3) is 0 Å². The van der Waals surface area contributed by atoms with E-state index in [1.165, 1.54) is 0 Å². The fourth-order valence-electron chi connectivity index (χ4n) is 2.57. The summed E-state index contributed by atoms with van der Waals surface area (Å²) in [7, 11) is 1.58. The Labute approximate surface area is 139 Å². The predicted molar refractivity (Wildman–Crippen MR) is 88.9 cm³/mol. The van der Waals surface area contributed by atoms with Crippen LogP contribution in [0.1, 0.15) is 47.0 Å². The molecule has 0 unspecified atom stereocenters. The molecule has 5 atom stereocenters. The zero-order chi connectivity index (χ0) is 17.6. The average molecular weight is 326 g/mol. The molecular formula is C18H30O5. The van der Waals surface area contributed by atoms with E-state index in [0.29, 0.717) is 6.42 Å². The smallest absolute Gasteiger partial charge is 0.306 e. The highest BCUT2D eigenvalue weighted by Crippen LogP contribution is 2.21. The molecule has 1 rings (SSSR count). The maximum Gasteiger partial charge on any atom is 0.306 e. The molecule has 0 saturated carbocycles. The van der Waals surface area contributed by atoms with Crippen LogP contribution in [0.2, 0.25) is 0 Å². The van der Waals surface area contributed by atoms with E-state index < -0.39 is 11.7 Å². The first-order chi connectivity index (χ1) is 10.6.